The molecular weight excluding hydrogens is 130 g/mol. The average Bonchev–Trinajstić information content (AvgIpc) is 1.91. The molecule has 0 aromatic carbocycles. The molecule has 1 amide bonds. The van der Waals surface area contributed by atoms with E-state index in [2.05, 4.69) is 5.73 Å². The summed E-state index contributed by atoms with van der Waals surface area (Å²) in [6.45, 7) is 2.19. The van der Waals surface area contributed by atoms with Crippen molar-refractivity contribution in [1.29, 1.82) is 0 Å². The van der Waals surface area contributed by atoms with E-state index in [0.29, 0.717) is 0 Å². The first-order valence-electron chi connectivity index (χ1n) is 3.46. The van der Waals surface area contributed by atoms with Gasteiger partial charge in [0.25, 0.3) is 0 Å². The second-order valence-corrected chi connectivity index (χ2v) is 2.23. The Kier molecular flexibility index (Phi) is 6.11. The highest BCUT2D eigenvalue weighted by atomic mass is 16.1. The van der Waals surface area contributed by atoms with Crippen LogP contribution in [0.4, 0.5) is 0 Å². The normalized spacial score (nSPS) is 18.9. The van der Waals surface area contributed by atoms with Crippen LogP contribution in [0.3, 0.4) is 0 Å². The molecule has 4 nitrogen and oxygen atoms in total. The Balaban J connectivity index is 0.000000236. The lowest BCUT2D eigenvalue weighted by molar-refractivity contribution is -0.106. The number of carbonyl (C=O) groups is 1. The molecule has 1 aliphatic rings. The SMILES string of the molecule is NC=O.NN1CCCCC1. The average molecular weight is 145 g/mol. The molecule has 0 saturated carbocycles. The summed E-state index contributed by atoms with van der Waals surface area (Å²) in [4.78, 5) is 8.58. The molecular formula is C6H15N3O. The summed E-state index contributed by atoms with van der Waals surface area (Å²) in [6.07, 6.45) is 4.20. The molecule has 1 fully saturated rings. The molecule has 1 aliphatic heterocycles. The number of nitrogens with zero attached hydrogens (tertiary/aromatic N) is 1. The first kappa shape index (κ1) is 9.39. The number of nitrogens with two attached hydrogens (primary N) is 2. The van der Waals surface area contributed by atoms with E-state index >= 15 is 0 Å². The fourth-order valence-corrected chi connectivity index (χ4v) is 0.918. The Hall–Kier alpha value is -0.610. The van der Waals surface area contributed by atoms with Crippen molar-refractivity contribution in [1.82, 2.24) is 5.01 Å². The number of hydrazine groups is 1. The Morgan fingerprint density at radius 3 is 1.80 bits per heavy atom. The molecule has 0 aliphatic carbocycles. The molecule has 0 radical (unpaired) electrons. The standard InChI is InChI=1S/C5H12N2.CH3NO/c6-7-4-2-1-3-5-7;2-1-3/h1-6H2;1H,(H2,2,3). The van der Waals surface area contributed by atoms with E-state index in [4.69, 9.17) is 10.6 Å². The minimum absolute atomic E-state index is 0.250. The summed E-state index contributed by atoms with van der Waals surface area (Å²) < 4.78 is 0. The monoisotopic (exact) mass is 145 g/mol. The molecule has 0 unspecified atom stereocenters. The van der Waals surface area contributed by atoms with Crippen LogP contribution in [-0.4, -0.2) is 24.5 Å². The van der Waals surface area contributed by atoms with Gasteiger partial charge >= 0.3 is 0 Å². The van der Waals surface area contributed by atoms with Gasteiger partial charge in [0, 0.05) is 13.1 Å². The second kappa shape index (κ2) is 6.51. The molecule has 0 atom stereocenters. The Bertz CT molecular complexity index is 81.1. The van der Waals surface area contributed by atoms with E-state index in [0.717, 1.165) is 13.1 Å². The van der Waals surface area contributed by atoms with Gasteiger partial charge in [0.1, 0.15) is 0 Å². The summed E-state index contributed by atoms with van der Waals surface area (Å²) >= 11 is 0. The van der Waals surface area contributed by atoms with Crippen molar-refractivity contribution in [3.63, 3.8) is 0 Å². The number of carbonyl (C=O) groups excluding carboxylic acids is 1. The van der Waals surface area contributed by atoms with Crippen molar-refractivity contribution in [2.45, 2.75) is 19.3 Å². The van der Waals surface area contributed by atoms with Gasteiger partial charge < -0.3 is 5.73 Å². The molecule has 4 heteroatoms. The lowest BCUT2D eigenvalue weighted by Gasteiger charge is -2.20. The Morgan fingerprint density at radius 1 is 1.20 bits per heavy atom. The fourth-order valence-electron chi connectivity index (χ4n) is 0.918. The van der Waals surface area contributed by atoms with Crippen molar-refractivity contribution in [2.24, 2.45) is 11.6 Å². The summed E-state index contributed by atoms with van der Waals surface area (Å²) in [5, 5.41) is 1.89. The van der Waals surface area contributed by atoms with Crippen molar-refractivity contribution in [3.8, 4) is 0 Å². The minimum atomic E-state index is 0.250. The van der Waals surface area contributed by atoms with Gasteiger partial charge in [-0.1, -0.05) is 6.42 Å². The van der Waals surface area contributed by atoms with Crippen LogP contribution in [0.25, 0.3) is 0 Å². The molecule has 4 N–H and O–H groups in total. The summed E-state index contributed by atoms with van der Waals surface area (Å²) in [5.41, 5.74) is 4.17. The fraction of sp³-hybridized carbons (Fsp3) is 0.833. The van der Waals surface area contributed by atoms with Gasteiger partial charge in [-0.25, -0.2) is 5.01 Å². The van der Waals surface area contributed by atoms with Gasteiger partial charge in [-0.2, -0.15) is 0 Å². The highest BCUT2D eigenvalue weighted by molar-refractivity contribution is 5.42. The van der Waals surface area contributed by atoms with Crippen LogP contribution in [0.5, 0.6) is 0 Å². The predicted octanol–water partition coefficient (Wildman–Crippen LogP) is -0.552. The molecule has 1 rings (SSSR count). The third kappa shape index (κ3) is 5.53. The van der Waals surface area contributed by atoms with E-state index in [1.54, 1.807) is 0 Å². The maximum absolute atomic E-state index is 8.58. The number of hydrogen-bond donors (Lipinski definition) is 2. The van der Waals surface area contributed by atoms with Gasteiger partial charge in [0.15, 0.2) is 0 Å². The summed E-state index contributed by atoms with van der Waals surface area (Å²) in [6, 6.07) is 0. The van der Waals surface area contributed by atoms with E-state index in [-0.39, 0.29) is 6.41 Å². The van der Waals surface area contributed by atoms with Crippen LogP contribution in [0.2, 0.25) is 0 Å². The Morgan fingerprint density at radius 2 is 1.60 bits per heavy atom. The number of piperidine rings is 1. The summed E-state index contributed by atoms with van der Waals surface area (Å²) in [7, 11) is 0. The zero-order valence-electron chi connectivity index (χ0n) is 6.12. The van der Waals surface area contributed by atoms with Crippen molar-refractivity contribution in [3.05, 3.63) is 0 Å². The molecule has 1 saturated heterocycles. The van der Waals surface area contributed by atoms with E-state index < -0.39 is 0 Å². The molecule has 60 valence electrons. The maximum atomic E-state index is 8.58. The van der Waals surface area contributed by atoms with E-state index in [9.17, 15) is 0 Å². The second-order valence-electron chi connectivity index (χ2n) is 2.23. The molecule has 0 bridgehead atoms. The lowest BCUT2D eigenvalue weighted by atomic mass is 10.2. The van der Waals surface area contributed by atoms with Gasteiger partial charge in [-0.05, 0) is 12.8 Å². The van der Waals surface area contributed by atoms with Crippen molar-refractivity contribution < 1.29 is 4.79 Å². The van der Waals surface area contributed by atoms with Gasteiger partial charge in [0.05, 0.1) is 0 Å². The summed E-state index contributed by atoms with van der Waals surface area (Å²) in [5.74, 6) is 5.47. The third-order valence-corrected chi connectivity index (χ3v) is 1.39. The van der Waals surface area contributed by atoms with E-state index in [1.165, 1.54) is 19.3 Å². The number of amides is 1. The van der Waals surface area contributed by atoms with Crippen molar-refractivity contribution in [2.75, 3.05) is 13.1 Å². The zero-order valence-corrected chi connectivity index (χ0v) is 6.12. The highest BCUT2D eigenvalue weighted by Crippen LogP contribution is 2.03. The van der Waals surface area contributed by atoms with Crippen LogP contribution in [0.15, 0.2) is 0 Å². The van der Waals surface area contributed by atoms with Gasteiger partial charge in [0.2, 0.25) is 6.41 Å². The Labute approximate surface area is 61.1 Å². The smallest absolute Gasteiger partial charge is 0.204 e. The molecule has 0 aromatic heterocycles. The number of rotatable bonds is 0. The van der Waals surface area contributed by atoms with Crippen LogP contribution < -0.4 is 11.6 Å². The van der Waals surface area contributed by atoms with Crippen LogP contribution in [-0.2, 0) is 4.79 Å². The van der Waals surface area contributed by atoms with Gasteiger partial charge in [-0.3, -0.25) is 10.6 Å². The van der Waals surface area contributed by atoms with Gasteiger partial charge in [-0.15, -0.1) is 0 Å². The highest BCUT2D eigenvalue weighted by Gasteiger charge is 2.02. The van der Waals surface area contributed by atoms with Crippen LogP contribution in [0.1, 0.15) is 19.3 Å². The largest absolute Gasteiger partial charge is 0.372 e. The zero-order chi connectivity index (χ0) is 7.82. The number of primary amides is 1. The maximum Gasteiger partial charge on any atom is 0.204 e. The molecule has 10 heavy (non-hydrogen) atoms. The topological polar surface area (TPSA) is 72.3 Å². The predicted molar refractivity (Wildman–Crippen MR) is 39.9 cm³/mol. The van der Waals surface area contributed by atoms with E-state index in [1.807, 2.05) is 5.01 Å². The lowest BCUT2D eigenvalue weighted by Crippen LogP contribution is -2.35. The molecule has 0 aromatic rings. The third-order valence-electron chi connectivity index (χ3n) is 1.39. The molecule has 1 heterocycles. The van der Waals surface area contributed by atoms with Crippen LogP contribution >= 0.6 is 0 Å². The molecule has 0 spiro atoms. The number of hydrogen-bond acceptors (Lipinski definition) is 3. The quantitative estimate of drug-likeness (QED) is 0.355. The first-order chi connectivity index (χ1) is 4.81. The first-order valence-corrected chi connectivity index (χ1v) is 3.46. The van der Waals surface area contributed by atoms with Crippen LogP contribution in [0, 0.1) is 0 Å². The minimum Gasteiger partial charge on any atom is -0.372 e. The van der Waals surface area contributed by atoms with Crippen molar-refractivity contribution >= 4 is 6.41 Å².